The van der Waals surface area contributed by atoms with E-state index >= 15 is 0 Å². The summed E-state index contributed by atoms with van der Waals surface area (Å²) in [6.45, 7) is 9.97. The first kappa shape index (κ1) is 14.1. The molecule has 0 fully saturated rings. The van der Waals surface area contributed by atoms with E-state index in [1.165, 1.54) is 11.3 Å². The smallest absolute Gasteiger partial charge is 0.239 e. The zero-order valence-corrected chi connectivity index (χ0v) is 11.8. The molecule has 0 aliphatic heterocycles. The first-order chi connectivity index (χ1) is 7.60. The normalized spacial score (nSPS) is 12.6. The van der Waals surface area contributed by atoms with Gasteiger partial charge < -0.3 is 11.1 Å². The van der Waals surface area contributed by atoms with E-state index in [2.05, 4.69) is 36.3 Å². The Morgan fingerprint density at radius 2 is 1.88 bits per heavy atom. The number of hydrogen-bond acceptors (Lipinski definition) is 5. The second-order valence-corrected chi connectivity index (χ2v) is 6.72. The first-order valence-electron chi connectivity index (χ1n) is 5.51. The van der Waals surface area contributed by atoms with Gasteiger partial charge in [0.1, 0.15) is 10.0 Å². The molecule has 0 spiro atoms. The van der Waals surface area contributed by atoms with Crippen LogP contribution in [0, 0.1) is 0 Å². The predicted molar refractivity (Wildman–Crippen MR) is 68.7 cm³/mol. The molecule has 1 aromatic rings. The molecule has 5 nitrogen and oxygen atoms in total. The summed E-state index contributed by atoms with van der Waals surface area (Å²) in [6.07, 6.45) is 0. The average Bonchev–Trinajstić information content (AvgIpc) is 2.59. The number of nitrogens with two attached hydrogens (primary N) is 1. The molecule has 0 saturated carbocycles. The lowest BCUT2D eigenvalue weighted by atomic mass is 9.98. The van der Waals surface area contributed by atoms with Crippen molar-refractivity contribution in [3.63, 3.8) is 0 Å². The highest BCUT2D eigenvalue weighted by atomic mass is 32.1. The summed E-state index contributed by atoms with van der Waals surface area (Å²) in [5, 5.41) is 12.7. The maximum Gasteiger partial charge on any atom is 0.239 e. The maximum absolute atomic E-state index is 11.6. The minimum atomic E-state index is -0.864. The van der Waals surface area contributed by atoms with Gasteiger partial charge in [0.05, 0.1) is 12.1 Å². The third-order valence-corrected chi connectivity index (χ3v) is 3.44. The fraction of sp³-hybridized carbons (Fsp3) is 0.727. The molecule has 0 radical (unpaired) electrons. The minimum Gasteiger partial charge on any atom is -0.348 e. The Bertz CT molecular complexity index is 400. The molecule has 0 unspecified atom stereocenters. The SMILES string of the molecule is CC(C)(N)C(=O)NCc1nnc(C(C)(C)C)s1. The van der Waals surface area contributed by atoms with Crippen LogP contribution >= 0.6 is 11.3 Å². The molecule has 1 aromatic heterocycles. The summed E-state index contributed by atoms with van der Waals surface area (Å²) < 4.78 is 0. The summed E-state index contributed by atoms with van der Waals surface area (Å²) in [5.41, 5.74) is 4.80. The van der Waals surface area contributed by atoms with E-state index in [4.69, 9.17) is 5.73 Å². The van der Waals surface area contributed by atoms with Crippen molar-refractivity contribution in [2.45, 2.75) is 52.1 Å². The number of hydrogen-bond donors (Lipinski definition) is 2. The van der Waals surface area contributed by atoms with Crippen molar-refractivity contribution < 1.29 is 4.79 Å². The highest BCUT2D eigenvalue weighted by Gasteiger charge is 2.23. The molecule has 0 aromatic carbocycles. The Balaban J connectivity index is 2.60. The monoisotopic (exact) mass is 256 g/mol. The van der Waals surface area contributed by atoms with Gasteiger partial charge >= 0.3 is 0 Å². The molecule has 0 bridgehead atoms. The molecular weight excluding hydrogens is 236 g/mol. The van der Waals surface area contributed by atoms with Crippen molar-refractivity contribution in [1.82, 2.24) is 15.5 Å². The minimum absolute atomic E-state index is 0.00688. The van der Waals surface area contributed by atoms with E-state index in [1.807, 2.05) is 0 Å². The topological polar surface area (TPSA) is 80.9 Å². The quantitative estimate of drug-likeness (QED) is 0.851. The van der Waals surface area contributed by atoms with Crippen LogP contribution in [0.3, 0.4) is 0 Å². The van der Waals surface area contributed by atoms with Gasteiger partial charge in [-0.25, -0.2) is 0 Å². The van der Waals surface area contributed by atoms with Gasteiger partial charge in [-0.3, -0.25) is 4.79 Å². The lowest BCUT2D eigenvalue weighted by molar-refractivity contribution is -0.125. The summed E-state index contributed by atoms with van der Waals surface area (Å²) in [7, 11) is 0. The predicted octanol–water partition coefficient (Wildman–Crippen LogP) is 1.19. The van der Waals surface area contributed by atoms with Gasteiger partial charge in [0.2, 0.25) is 5.91 Å². The number of nitrogens with zero attached hydrogens (tertiary/aromatic N) is 2. The van der Waals surface area contributed by atoms with Crippen LogP contribution < -0.4 is 11.1 Å². The highest BCUT2D eigenvalue weighted by Crippen LogP contribution is 2.25. The summed E-state index contributed by atoms with van der Waals surface area (Å²) in [4.78, 5) is 11.6. The van der Waals surface area contributed by atoms with E-state index in [0.717, 1.165) is 10.0 Å². The van der Waals surface area contributed by atoms with Crippen molar-refractivity contribution in [3.8, 4) is 0 Å². The number of amides is 1. The van der Waals surface area contributed by atoms with Crippen LogP contribution in [-0.4, -0.2) is 21.6 Å². The molecule has 0 aliphatic carbocycles. The molecular formula is C11H20N4OS. The molecule has 0 saturated heterocycles. The average molecular weight is 256 g/mol. The van der Waals surface area contributed by atoms with Gasteiger partial charge in [-0.15, -0.1) is 10.2 Å². The van der Waals surface area contributed by atoms with Crippen LogP contribution in [0.1, 0.15) is 44.6 Å². The van der Waals surface area contributed by atoms with Crippen LogP contribution in [-0.2, 0) is 16.8 Å². The number of carbonyl (C=O) groups is 1. The van der Waals surface area contributed by atoms with E-state index < -0.39 is 5.54 Å². The van der Waals surface area contributed by atoms with Crippen molar-refractivity contribution in [1.29, 1.82) is 0 Å². The number of aromatic nitrogens is 2. The van der Waals surface area contributed by atoms with Crippen molar-refractivity contribution >= 4 is 17.2 Å². The molecule has 1 rings (SSSR count). The largest absolute Gasteiger partial charge is 0.348 e. The van der Waals surface area contributed by atoms with Crippen LogP contribution in [0.15, 0.2) is 0 Å². The van der Waals surface area contributed by atoms with Crippen LogP contribution in [0.25, 0.3) is 0 Å². The van der Waals surface area contributed by atoms with Crippen molar-refractivity contribution in [2.24, 2.45) is 5.73 Å². The number of rotatable bonds is 3. The zero-order valence-electron chi connectivity index (χ0n) is 11.0. The lowest BCUT2D eigenvalue weighted by Gasteiger charge is -2.16. The third-order valence-electron chi connectivity index (χ3n) is 2.09. The van der Waals surface area contributed by atoms with Gasteiger partial charge in [-0.2, -0.15) is 0 Å². The van der Waals surface area contributed by atoms with E-state index in [9.17, 15) is 4.79 Å². The van der Waals surface area contributed by atoms with Crippen molar-refractivity contribution in [2.75, 3.05) is 0 Å². The Morgan fingerprint density at radius 1 is 1.29 bits per heavy atom. The first-order valence-corrected chi connectivity index (χ1v) is 6.32. The molecule has 6 heteroatoms. The molecule has 3 N–H and O–H groups in total. The highest BCUT2D eigenvalue weighted by molar-refractivity contribution is 7.11. The van der Waals surface area contributed by atoms with Gasteiger partial charge in [0.15, 0.2) is 0 Å². The molecule has 96 valence electrons. The van der Waals surface area contributed by atoms with Crippen molar-refractivity contribution in [3.05, 3.63) is 10.0 Å². The molecule has 0 aliphatic rings. The fourth-order valence-electron chi connectivity index (χ4n) is 1.01. The molecule has 0 atom stereocenters. The third kappa shape index (κ3) is 4.05. The van der Waals surface area contributed by atoms with Gasteiger partial charge in [-0.1, -0.05) is 32.1 Å². The lowest BCUT2D eigenvalue weighted by Crippen LogP contribution is -2.48. The number of nitrogens with one attached hydrogen (secondary N) is 1. The van der Waals surface area contributed by atoms with Crippen LogP contribution in [0.2, 0.25) is 0 Å². The Morgan fingerprint density at radius 3 is 2.29 bits per heavy atom. The van der Waals surface area contributed by atoms with Gasteiger partial charge in [-0.05, 0) is 13.8 Å². The molecule has 1 heterocycles. The second kappa shape index (κ2) is 4.70. The summed E-state index contributed by atoms with van der Waals surface area (Å²) >= 11 is 1.51. The summed E-state index contributed by atoms with van der Waals surface area (Å²) in [6, 6.07) is 0. The Labute approximate surface area is 106 Å². The van der Waals surface area contributed by atoms with E-state index in [0.29, 0.717) is 6.54 Å². The Hall–Kier alpha value is -1.01. The van der Waals surface area contributed by atoms with E-state index in [-0.39, 0.29) is 11.3 Å². The number of carbonyl (C=O) groups excluding carboxylic acids is 1. The van der Waals surface area contributed by atoms with Gasteiger partial charge in [0, 0.05) is 5.41 Å². The fourth-order valence-corrected chi connectivity index (χ4v) is 1.85. The van der Waals surface area contributed by atoms with E-state index in [1.54, 1.807) is 13.8 Å². The maximum atomic E-state index is 11.6. The van der Waals surface area contributed by atoms with Gasteiger partial charge in [0.25, 0.3) is 0 Å². The van der Waals surface area contributed by atoms with Crippen LogP contribution in [0.4, 0.5) is 0 Å². The molecule has 17 heavy (non-hydrogen) atoms. The standard InChI is InChI=1S/C11H20N4OS/c1-10(2,3)9-15-14-7(17-9)6-13-8(16)11(4,5)12/h6,12H2,1-5H3,(H,13,16). The summed E-state index contributed by atoms with van der Waals surface area (Å²) in [5.74, 6) is -0.190. The zero-order chi connectivity index (χ0) is 13.3. The molecule has 1 amide bonds. The second-order valence-electron chi connectivity index (χ2n) is 5.66. The van der Waals surface area contributed by atoms with Crippen LogP contribution in [0.5, 0.6) is 0 Å². The Kier molecular flexibility index (Phi) is 3.88.